The maximum atomic E-state index is 10.2. The molecule has 0 heterocycles. The van der Waals surface area contributed by atoms with Gasteiger partial charge in [-0.15, -0.1) is 0 Å². The van der Waals surface area contributed by atoms with Crippen LogP contribution in [0.4, 0.5) is 0 Å². The summed E-state index contributed by atoms with van der Waals surface area (Å²) in [5.74, 6) is 2.55. The summed E-state index contributed by atoms with van der Waals surface area (Å²) in [6, 6.07) is 16.4. The third kappa shape index (κ3) is 10.3. The quantitative estimate of drug-likeness (QED) is 0.327. The van der Waals surface area contributed by atoms with Crippen molar-refractivity contribution in [1.82, 2.24) is 0 Å². The maximum absolute atomic E-state index is 10.2. The van der Waals surface area contributed by atoms with Crippen molar-refractivity contribution in [3.63, 3.8) is 0 Å². The van der Waals surface area contributed by atoms with E-state index in [2.05, 4.69) is 24.3 Å². The molecule has 0 spiro atoms. The number of rotatable bonds is 14. The van der Waals surface area contributed by atoms with Crippen molar-refractivity contribution in [3.8, 4) is 0 Å². The summed E-state index contributed by atoms with van der Waals surface area (Å²) in [6.07, 6.45) is 0.371. The number of hydrogen-bond donors (Lipinski definition) is 4. The smallest absolute Gasteiger partial charge is 0.0670 e. The van der Waals surface area contributed by atoms with E-state index in [4.69, 9.17) is 10.2 Å². The van der Waals surface area contributed by atoms with E-state index < -0.39 is 12.2 Å². The van der Waals surface area contributed by atoms with E-state index in [1.54, 1.807) is 35.3 Å². The Balaban J connectivity index is 1.91. The topological polar surface area (TPSA) is 80.9 Å². The average molecular weight is 455 g/mol. The van der Waals surface area contributed by atoms with Crippen LogP contribution in [0, 0.1) is 0 Å². The van der Waals surface area contributed by atoms with Gasteiger partial charge in [0.1, 0.15) is 0 Å². The minimum Gasteiger partial charge on any atom is -0.396 e. The van der Waals surface area contributed by atoms with E-state index in [0.717, 1.165) is 20.9 Å². The van der Waals surface area contributed by atoms with E-state index in [1.165, 1.54) is 0 Å². The molecule has 4 nitrogen and oxygen atoms in total. The zero-order valence-electron chi connectivity index (χ0n) is 16.4. The summed E-state index contributed by atoms with van der Waals surface area (Å²) in [5.41, 5.74) is 2.19. The zero-order chi connectivity index (χ0) is 20.9. The normalized spacial score (nSPS) is 13.4. The largest absolute Gasteiger partial charge is 0.396 e. The molecule has 29 heavy (non-hydrogen) atoms. The maximum Gasteiger partial charge on any atom is 0.0670 e. The Kier molecular flexibility index (Phi) is 12.2. The monoisotopic (exact) mass is 454 g/mol. The van der Waals surface area contributed by atoms with Crippen molar-refractivity contribution in [2.24, 2.45) is 0 Å². The molecule has 0 fully saturated rings. The fourth-order valence-corrected chi connectivity index (χ4v) is 5.20. The lowest BCUT2D eigenvalue weighted by molar-refractivity contribution is 0.199. The van der Waals surface area contributed by atoms with Gasteiger partial charge in [0, 0.05) is 32.8 Å². The van der Waals surface area contributed by atoms with Gasteiger partial charge in [-0.2, -0.15) is 23.5 Å². The molecular weight excluding hydrogens is 424 g/mol. The second-order valence-electron chi connectivity index (χ2n) is 6.71. The summed E-state index contributed by atoms with van der Waals surface area (Å²) in [6.45, 7) is 0.280. The molecule has 2 rings (SSSR count). The SMILES string of the molecule is OCCSCC(O)Cc1cccc(Sc2cccc(CC(O)CSCCO)c2)c1. The third-order valence-electron chi connectivity index (χ3n) is 4.07. The van der Waals surface area contributed by atoms with E-state index in [1.807, 2.05) is 24.3 Å². The molecule has 0 saturated carbocycles. The van der Waals surface area contributed by atoms with Gasteiger partial charge in [-0.25, -0.2) is 0 Å². The molecule has 0 aliphatic heterocycles. The summed E-state index contributed by atoms with van der Waals surface area (Å²) < 4.78 is 0. The first-order valence-corrected chi connectivity index (χ1v) is 12.8. The predicted molar refractivity (Wildman–Crippen MR) is 125 cm³/mol. The molecule has 0 bridgehead atoms. The van der Waals surface area contributed by atoms with Crippen molar-refractivity contribution < 1.29 is 20.4 Å². The Bertz CT molecular complexity index is 654. The van der Waals surface area contributed by atoms with Crippen LogP contribution in [0.3, 0.4) is 0 Å². The van der Waals surface area contributed by atoms with Gasteiger partial charge in [-0.3, -0.25) is 0 Å². The van der Waals surface area contributed by atoms with Gasteiger partial charge in [-0.05, 0) is 48.2 Å². The van der Waals surface area contributed by atoms with Crippen LogP contribution in [-0.4, -0.2) is 68.9 Å². The van der Waals surface area contributed by atoms with Crippen LogP contribution in [0.25, 0.3) is 0 Å². The van der Waals surface area contributed by atoms with Crippen LogP contribution < -0.4 is 0 Å². The first kappa shape index (κ1) is 24.6. The van der Waals surface area contributed by atoms with Crippen LogP contribution in [0.5, 0.6) is 0 Å². The fraction of sp³-hybridized carbons (Fsp3) is 0.455. The molecule has 2 aromatic rings. The van der Waals surface area contributed by atoms with Crippen LogP contribution in [0.1, 0.15) is 11.1 Å². The summed E-state index contributed by atoms with van der Waals surface area (Å²) >= 11 is 4.79. The summed E-state index contributed by atoms with van der Waals surface area (Å²) in [5, 5.41) is 38.0. The van der Waals surface area contributed by atoms with Crippen molar-refractivity contribution in [1.29, 1.82) is 0 Å². The number of benzene rings is 2. The molecule has 2 unspecified atom stereocenters. The number of aliphatic hydroxyl groups excluding tert-OH is 4. The highest BCUT2D eigenvalue weighted by Crippen LogP contribution is 2.29. The molecule has 0 aliphatic rings. The van der Waals surface area contributed by atoms with Crippen molar-refractivity contribution in [2.75, 3.05) is 36.2 Å². The number of thioether (sulfide) groups is 2. The highest BCUT2D eigenvalue weighted by Gasteiger charge is 2.09. The van der Waals surface area contributed by atoms with Crippen molar-refractivity contribution in [2.45, 2.75) is 34.8 Å². The molecule has 2 aromatic carbocycles. The minimum atomic E-state index is -0.416. The molecule has 0 aliphatic carbocycles. The van der Waals surface area contributed by atoms with Crippen LogP contribution in [0.2, 0.25) is 0 Å². The molecular formula is C22H30O4S3. The Hall–Kier alpha value is -0.670. The standard InChI is InChI=1S/C22H30O4S3/c23-7-9-27-15-19(25)11-17-3-1-5-21(13-17)29-22-6-2-4-18(14-22)12-20(26)16-28-10-8-24/h1-6,13-14,19-20,23-26H,7-12,15-16H2. The number of hydrogen-bond acceptors (Lipinski definition) is 7. The van der Waals surface area contributed by atoms with Crippen LogP contribution in [-0.2, 0) is 12.8 Å². The minimum absolute atomic E-state index is 0.140. The van der Waals surface area contributed by atoms with E-state index in [0.29, 0.717) is 35.9 Å². The molecule has 0 saturated heterocycles. The Labute approximate surface area is 186 Å². The lowest BCUT2D eigenvalue weighted by atomic mass is 10.1. The average Bonchev–Trinajstić information content (AvgIpc) is 2.69. The van der Waals surface area contributed by atoms with Crippen LogP contribution in [0.15, 0.2) is 58.3 Å². The molecule has 4 N–H and O–H groups in total. The highest BCUT2D eigenvalue weighted by molar-refractivity contribution is 7.99. The van der Waals surface area contributed by atoms with E-state index in [9.17, 15) is 10.2 Å². The third-order valence-corrected chi connectivity index (χ3v) is 7.23. The zero-order valence-corrected chi connectivity index (χ0v) is 18.9. The van der Waals surface area contributed by atoms with Gasteiger partial charge >= 0.3 is 0 Å². The van der Waals surface area contributed by atoms with Crippen molar-refractivity contribution >= 4 is 35.3 Å². The Morgan fingerprint density at radius 2 is 1.14 bits per heavy atom. The van der Waals surface area contributed by atoms with Gasteiger partial charge < -0.3 is 20.4 Å². The predicted octanol–water partition coefficient (Wildman–Crippen LogP) is 3.10. The first-order chi connectivity index (χ1) is 14.1. The van der Waals surface area contributed by atoms with Gasteiger partial charge in [0.05, 0.1) is 25.4 Å². The van der Waals surface area contributed by atoms with Crippen molar-refractivity contribution in [3.05, 3.63) is 59.7 Å². The summed E-state index contributed by atoms with van der Waals surface area (Å²) in [7, 11) is 0. The van der Waals surface area contributed by atoms with Crippen LogP contribution >= 0.6 is 35.3 Å². The first-order valence-electron chi connectivity index (χ1n) is 9.69. The van der Waals surface area contributed by atoms with E-state index in [-0.39, 0.29) is 13.2 Å². The van der Waals surface area contributed by atoms with Gasteiger partial charge in [-0.1, -0.05) is 36.0 Å². The van der Waals surface area contributed by atoms with E-state index >= 15 is 0 Å². The summed E-state index contributed by atoms with van der Waals surface area (Å²) in [4.78, 5) is 2.24. The molecule has 0 amide bonds. The van der Waals surface area contributed by atoms with Gasteiger partial charge in [0.2, 0.25) is 0 Å². The lowest BCUT2D eigenvalue weighted by Gasteiger charge is -2.12. The van der Waals surface area contributed by atoms with Gasteiger partial charge in [0.15, 0.2) is 0 Å². The number of aliphatic hydroxyl groups is 4. The fourth-order valence-electron chi connectivity index (χ4n) is 2.84. The molecule has 0 radical (unpaired) electrons. The molecule has 7 heteroatoms. The second-order valence-corrected chi connectivity index (χ2v) is 10.2. The van der Waals surface area contributed by atoms with Gasteiger partial charge in [0.25, 0.3) is 0 Å². The Morgan fingerprint density at radius 1 is 0.690 bits per heavy atom. The molecule has 2 atom stereocenters. The lowest BCUT2D eigenvalue weighted by Crippen LogP contribution is -2.14. The Morgan fingerprint density at radius 3 is 1.55 bits per heavy atom. The highest BCUT2D eigenvalue weighted by atomic mass is 32.2. The second kappa shape index (κ2) is 14.4. The molecule has 160 valence electrons. The molecule has 0 aromatic heterocycles.